The van der Waals surface area contributed by atoms with Crippen LogP contribution in [0.25, 0.3) is 0 Å². The number of halogens is 14. The Morgan fingerprint density at radius 1 is 0.381 bits per heavy atom. The van der Waals surface area contributed by atoms with Gasteiger partial charge in [-0.15, -0.1) is 0 Å². The number of rotatable bonds is 4. The van der Waals surface area contributed by atoms with E-state index < -0.39 is 42.5 Å². The Kier molecular flexibility index (Phi) is 4.54. The van der Waals surface area contributed by atoms with Gasteiger partial charge >= 0.3 is 36.0 Å². The lowest BCUT2D eigenvalue weighted by Crippen LogP contribution is -2.63. The average Bonchev–Trinajstić information content (AvgIpc) is 2.11. The predicted octanol–water partition coefficient (Wildman–Crippen LogP) is 4.86. The first kappa shape index (κ1) is 20.0. The van der Waals surface area contributed by atoms with E-state index in [1.165, 1.54) is 0 Å². The molecule has 0 aromatic rings. The molecule has 0 aliphatic rings. The maximum atomic E-state index is 12.5. The van der Waals surface area contributed by atoms with Gasteiger partial charge in [-0.05, 0) is 0 Å². The second-order valence-electron chi connectivity index (χ2n) is 3.53. The minimum atomic E-state index is -7.58. The molecule has 0 saturated heterocycles. The van der Waals surface area contributed by atoms with Gasteiger partial charge in [0.05, 0.1) is 0 Å². The Morgan fingerprint density at radius 3 is 0.952 bits per heavy atom. The summed E-state index contributed by atoms with van der Waals surface area (Å²) in [7, 11) is 0. The Balaban J connectivity index is 5.71. The monoisotopic (exact) mass is 351 g/mol. The maximum absolute atomic E-state index is 12.5. The van der Waals surface area contributed by atoms with Crippen molar-refractivity contribution < 1.29 is 61.5 Å². The fraction of sp³-hybridized carbons (Fsp3) is 0.857. The molecule has 127 valence electrons. The van der Waals surface area contributed by atoms with Crippen LogP contribution in [0.5, 0.6) is 0 Å². The summed E-state index contributed by atoms with van der Waals surface area (Å²) in [5.41, 5.74) is 0. The molecular weight excluding hydrogens is 350 g/mol. The minimum absolute atomic E-state index is 2.90. The van der Waals surface area contributed by atoms with Gasteiger partial charge in [0.25, 0.3) is 0 Å². The molecule has 0 aliphatic heterocycles. The minimum Gasteiger partial charge on any atom is -0.199 e. The second-order valence-corrected chi connectivity index (χ2v) is 3.53. The highest BCUT2D eigenvalue weighted by atomic mass is 19.4. The van der Waals surface area contributed by atoms with E-state index in [1.54, 1.807) is 0 Å². The van der Waals surface area contributed by atoms with Crippen molar-refractivity contribution in [1.82, 2.24) is 0 Å². The summed E-state index contributed by atoms with van der Waals surface area (Å²) in [4.78, 5) is 0. The van der Waals surface area contributed by atoms with Crippen LogP contribution in [0.4, 0.5) is 61.5 Å². The first-order valence-electron chi connectivity index (χ1n) is 4.22. The molecule has 0 nitrogen and oxygen atoms in total. The Morgan fingerprint density at radius 2 is 0.714 bits per heavy atom. The lowest BCUT2D eigenvalue weighted by Gasteiger charge is -2.35. The zero-order valence-corrected chi connectivity index (χ0v) is 8.87. The molecule has 21 heavy (non-hydrogen) atoms. The molecule has 14 heteroatoms. The van der Waals surface area contributed by atoms with Crippen LogP contribution in [0, 0.1) is 6.42 Å². The molecule has 0 rings (SSSR count). The van der Waals surface area contributed by atoms with Crippen LogP contribution in [0.1, 0.15) is 0 Å². The quantitative estimate of drug-likeness (QED) is 0.635. The van der Waals surface area contributed by atoms with E-state index in [1.807, 2.05) is 0 Å². The van der Waals surface area contributed by atoms with Gasteiger partial charge in [0, 0.05) is 0 Å². The number of hydrogen-bond acceptors (Lipinski definition) is 0. The van der Waals surface area contributed by atoms with E-state index >= 15 is 0 Å². The van der Waals surface area contributed by atoms with Crippen molar-refractivity contribution in [2.75, 3.05) is 0 Å². The molecule has 0 N–H and O–H groups in total. The largest absolute Gasteiger partial charge is 0.460 e. The van der Waals surface area contributed by atoms with Gasteiger partial charge in [-0.2, -0.15) is 61.5 Å². The molecule has 0 aromatic carbocycles. The van der Waals surface area contributed by atoms with Gasteiger partial charge in [0.1, 0.15) is 6.42 Å². The van der Waals surface area contributed by atoms with Crippen molar-refractivity contribution in [3.8, 4) is 0 Å². The van der Waals surface area contributed by atoms with E-state index in [-0.39, 0.29) is 0 Å². The molecule has 1 radical (unpaired) electrons. The molecule has 0 atom stereocenters. The summed E-state index contributed by atoms with van der Waals surface area (Å²) in [6.07, 6.45) is -17.1. The molecule has 0 saturated carbocycles. The van der Waals surface area contributed by atoms with Gasteiger partial charge in [-0.1, -0.05) is 0 Å². The molecule has 0 fully saturated rings. The third-order valence-corrected chi connectivity index (χ3v) is 1.91. The summed E-state index contributed by atoms with van der Waals surface area (Å²) in [5.74, 6) is -29.0. The van der Waals surface area contributed by atoms with Gasteiger partial charge in [0.2, 0.25) is 0 Å². The topological polar surface area (TPSA) is 0 Å². The molecule has 0 spiro atoms. The molecule has 0 unspecified atom stereocenters. The fourth-order valence-corrected chi connectivity index (χ4v) is 0.787. The molecule has 0 bridgehead atoms. The van der Waals surface area contributed by atoms with Crippen LogP contribution in [-0.4, -0.2) is 36.0 Å². The van der Waals surface area contributed by atoms with Gasteiger partial charge < -0.3 is 0 Å². The third-order valence-electron chi connectivity index (χ3n) is 1.91. The fourth-order valence-electron chi connectivity index (χ4n) is 0.787. The molecule has 0 heterocycles. The summed E-state index contributed by atoms with van der Waals surface area (Å²) in [6, 6.07) is 0. The van der Waals surface area contributed by atoms with E-state index in [0.29, 0.717) is 0 Å². The summed E-state index contributed by atoms with van der Waals surface area (Å²) in [5, 5.41) is 0. The highest BCUT2D eigenvalue weighted by Crippen LogP contribution is 2.56. The molecule has 0 aromatic heterocycles. The van der Waals surface area contributed by atoms with E-state index in [2.05, 4.69) is 0 Å². The van der Waals surface area contributed by atoms with Crippen molar-refractivity contribution in [1.29, 1.82) is 0 Å². The molecule has 0 aliphatic carbocycles. The maximum Gasteiger partial charge on any atom is 0.460 e. The SMILES string of the molecule is FC(F)(F)C(F)(F)[CH]C(F)(F)C(F)(F)C(F)(F)C(F)(F)F. The standard InChI is InChI=1S/C7HF14/c8-2(9,1-3(10,11)6(16,17)18)4(12,13)5(14,15)7(19,20)21/h1H. The van der Waals surface area contributed by atoms with E-state index in [9.17, 15) is 61.5 Å². The summed E-state index contributed by atoms with van der Waals surface area (Å²) >= 11 is 0. The predicted molar refractivity (Wildman–Crippen MR) is 36.2 cm³/mol. The highest BCUT2D eigenvalue weighted by molar-refractivity contribution is 5.11. The normalized spacial score (nSPS) is 16.3. The first-order valence-corrected chi connectivity index (χ1v) is 4.22. The van der Waals surface area contributed by atoms with E-state index in [0.717, 1.165) is 0 Å². The first-order chi connectivity index (χ1) is 8.71. The highest BCUT2D eigenvalue weighted by Gasteiger charge is 2.83. The third kappa shape index (κ3) is 3.27. The van der Waals surface area contributed by atoms with Crippen LogP contribution in [-0.2, 0) is 0 Å². The van der Waals surface area contributed by atoms with Gasteiger partial charge in [-0.3, -0.25) is 0 Å². The van der Waals surface area contributed by atoms with Crippen LogP contribution < -0.4 is 0 Å². The number of hydrogen-bond donors (Lipinski definition) is 0. The summed E-state index contributed by atoms with van der Waals surface area (Å²) < 4.78 is 168. The van der Waals surface area contributed by atoms with Crippen molar-refractivity contribution >= 4 is 0 Å². The zero-order valence-electron chi connectivity index (χ0n) is 8.87. The van der Waals surface area contributed by atoms with Crippen molar-refractivity contribution in [3.63, 3.8) is 0 Å². The Bertz CT molecular complexity index is 370. The Hall–Kier alpha value is -0.980. The zero-order chi connectivity index (χ0) is 17.7. The second kappa shape index (κ2) is 4.76. The molecule has 0 amide bonds. The lowest BCUT2D eigenvalue weighted by atomic mass is 9.98. The van der Waals surface area contributed by atoms with Gasteiger partial charge in [0.15, 0.2) is 0 Å². The van der Waals surface area contributed by atoms with Crippen LogP contribution in [0.15, 0.2) is 0 Å². The molecular formula is C7HF14. The van der Waals surface area contributed by atoms with Crippen molar-refractivity contribution in [2.45, 2.75) is 36.0 Å². The van der Waals surface area contributed by atoms with Crippen LogP contribution >= 0.6 is 0 Å². The van der Waals surface area contributed by atoms with Crippen molar-refractivity contribution in [2.24, 2.45) is 0 Å². The van der Waals surface area contributed by atoms with Crippen LogP contribution in [0.2, 0.25) is 0 Å². The van der Waals surface area contributed by atoms with Gasteiger partial charge in [-0.25, -0.2) is 0 Å². The Labute approximate surface area is 105 Å². The van der Waals surface area contributed by atoms with Crippen LogP contribution in [0.3, 0.4) is 0 Å². The summed E-state index contributed by atoms with van der Waals surface area (Å²) in [6.45, 7) is 0. The van der Waals surface area contributed by atoms with Crippen molar-refractivity contribution in [3.05, 3.63) is 6.42 Å². The average molecular weight is 351 g/mol. The number of alkyl halides is 14. The smallest absolute Gasteiger partial charge is 0.199 e. The lowest BCUT2D eigenvalue weighted by molar-refractivity contribution is -0.396. The van der Waals surface area contributed by atoms with E-state index in [4.69, 9.17) is 0 Å².